The van der Waals surface area contributed by atoms with Crippen LogP contribution in [-0.4, -0.2) is 21.0 Å². The lowest BCUT2D eigenvalue weighted by atomic mass is 10.2. The Morgan fingerprint density at radius 1 is 1.24 bits per heavy atom. The summed E-state index contributed by atoms with van der Waals surface area (Å²) in [6, 6.07) is 2.88. The van der Waals surface area contributed by atoms with E-state index in [-0.39, 0.29) is 9.92 Å². The molecule has 2 aliphatic rings. The van der Waals surface area contributed by atoms with E-state index >= 15 is 0 Å². The van der Waals surface area contributed by atoms with Gasteiger partial charge in [-0.3, -0.25) is 0 Å². The molecule has 0 bridgehead atoms. The number of sulfonamides is 1. The molecule has 0 spiro atoms. The van der Waals surface area contributed by atoms with Crippen molar-refractivity contribution >= 4 is 21.6 Å². The van der Waals surface area contributed by atoms with Crippen molar-refractivity contribution in [3.8, 4) is 0 Å². The topological polar surface area (TPSA) is 58.2 Å². The van der Waals surface area contributed by atoms with Gasteiger partial charge in [-0.2, -0.15) is 0 Å². The van der Waals surface area contributed by atoms with Gasteiger partial charge in [-0.05, 0) is 49.3 Å². The van der Waals surface area contributed by atoms with Crippen LogP contribution in [0.4, 0.5) is 4.39 Å². The van der Waals surface area contributed by atoms with Crippen LogP contribution in [0.3, 0.4) is 0 Å². The first-order valence-electron chi connectivity index (χ1n) is 7.16. The van der Waals surface area contributed by atoms with Crippen LogP contribution in [-0.2, 0) is 16.6 Å². The third-order valence-corrected chi connectivity index (χ3v) is 5.63. The van der Waals surface area contributed by atoms with Gasteiger partial charge in [0.25, 0.3) is 0 Å². The van der Waals surface area contributed by atoms with Gasteiger partial charge in [0, 0.05) is 19.1 Å². The molecule has 0 unspecified atom stereocenters. The van der Waals surface area contributed by atoms with Gasteiger partial charge in [-0.25, -0.2) is 17.5 Å². The van der Waals surface area contributed by atoms with E-state index < -0.39 is 15.8 Å². The van der Waals surface area contributed by atoms with Gasteiger partial charge in [0.2, 0.25) is 10.0 Å². The normalized spacial score (nSPS) is 19.0. The summed E-state index contributed by atoms with van der Waals surface area (Å²) in [6.45, 7) is 0.800. The largest absolute Gasteiger partial charge is 0.310 e. The summed E-state index contributed by atoms with van der Waals surface area (Å²) in [6.07, 6.45) is 4.30. The summed E-state index contributed by atoms with van der Waals surface area (Å²) in [5, 5.41) is 3.20. The standard InChI is InChI=1S/C14H18ClFN2O2S/c15-14-10(8-17-11-3-4-11)5-12(6-13(14)16)21(19,20)18-7-9-1-2-9/h5-6,9,11,17-18H,1-4,7-8H2. The van der Waals surface area contributed by atoms with Crippen molar-refractivity contribution in [3.63, 3.8) is 0 Å². The molecule has 0 saturated heterocycles. The molecule has 0 radical (unpaired) electrons. The monoisotopic (exact) mass is 332 g/mol. The zero-order valence-electron chi connectivity index (χ0n) is 11.5. The van der Waals surface area contributed by atoms with Gasteiger partial charge in [0.15, 0.2) is 0 Å². The molecule has 0 aliphatic heterocycles. The maximum absolute atomic E-state index is 13.9. The van der Waals surface area contributed by atoms with Crippen molar-refractivity contribution in [2.24, 2.45) is 5.92 Å². The molecule has 2 N–H and O–H groups in total. The second-order valence-electron chi connectivity index (χ2n) is 5.83. The average Bonchev–Trinajstić information content (AvgIpc) is 3.32. The zero-order chi connectivity index (χ0) is 15.0. The van der Waals surface area contributed by atoms with Crippen molar-refractivity contribution in [2.45, 2.75) is 43.2 Å². The minimum atomic E-state index is -3.68. The zero-order valence-corrected chi connectivity index (χ0v) is 13.1. The highest BCUT2D eigenvalue weighted by Crippen LogP contribution is 2.29. The Bertz CT molecular complexity index is 643. The summed E-state index contributed by atoms with van der Waals surface area (Å²) in [4.78, 5) is -0.0577. The summed E-state index contributed by atoms with van der Waals surface area (Å²) in [5.74, 6) is -0.272. The molecule has 1 aromatic rings. The van der Waals surface area contributed by atoms with Gasteiger partial charge in [0.1, 0.15) is 5.82 Å². The van der Waals surface area contributed by atoms with Crippen LogP contribution >= 0.6 is 11.6 Å². The lowest BCUT2D eigenvalue weighted by Gasteiger charge is -2.11. The lowest BCUT2D eigenvalue weighted by molar-refractivity contribution is 0.572. The molecule has 2 saturated carbocycles. The molecular weight excluding hydrogens is 315 g/mol. The Hall–Kier alpha value is -0.690. The van der Waals surface area contributed by atoms with E-state index in [1.165, 1.54) is 6.07 Å². The first kappa shape index (κ1) is 15.2. The van der Waals surface area contributed by atoms with Crippen molar-refractivity contribution in [2.75, 3.05) is 6.54 Å². The van der Waals surface area contributed by atoms with Gasteiger partial charge < -0.3 is 5.32 Å². The van der Waals surface area contributed by atoms with E-state index in [9.17, 15) is 12.8 Å². The van der Waals surface area contributed by atoms with Gasteiger partial charge in [0.05, 0.1) is 9.92 Å². The SMILES string of the molecule is O=S(=O)(NCC1CC1)c1cc(F)c(Cl)c(CNC2CC2)c1. The van der Waals surface area contributed by atoms with Crippen LogP contribution in [0, 0.1) is 11.7 Å². The predicted molar refractivity (Wildman–Crippen MR) is 79.2 cm³/mol. The molecule has 0 aromatic heterocycles. The first-order chi connectivity index (χ1) is 9.95. The molecule has 2 fully saturated rings. The number of halogens is 2. The molecule has 0 atom stereocenters. The van der Waals surface area contributed by atoms with Crippen LogP contribution < -0.4 is 10.0 Å². The molecule has 1 aromatic carbocycles. The van der Waals surface area contributed by atoms with Crippen molar-refractivity contribution in [1.29, 1.82) is 0 Å². The van der Waals surface area contributed by atoms with E-state index in [4.69, 9.17) is 11.6 Å². The van der Waals surface area contributed by atoms with Crippen molar-refractivity contribution < 1.29 is 12.8 Å². The van der Waals surface area contributed by atoms with Gasteiger partial charge >= 0.3 is 0 Å². The molecule has 116 valence electrons. The smallest absolute Gasteiger partial charge is 0.240 e. The fourth-order valence-corrected chi connectivity index (χ4v) is 3.43. The summed E-state index contributed by atoms with van der Waals surface area (Å²) < 4.78 is 40.8. The number of rotatable bonds is 7. The molecule has 0 heterocycles. The second kappa shape index (κ2) is 5.83. The Morgan fingerprint density at radius 2 is 1.95 bits per heavy atom. The van der Waals surface area contributed by atoms with E-state index in [2.05, 4.69) is 10.0 Å². The van der Waals surface area contributed by atoms with Crippen LogP contribution in [0.2, 0.25) is 5.02 Å². The van der Waals surface area contributed by atoms with Crippen LogP contribution in [0.1, 0.15) is 31.2 Å². The van der Waals surface area contributed by atoms with Crippen LogP contribution in [0.5, 0.6) is 0 Å². The van der Waals surface area contributed by atoms with Crippen molar-refractivity contribution in [1.82, 2.24) is 10.0 Å². The minimum Gasteiger partial charge on any atom is -0.310 e. The maximum Gasteiger partial charge on any atom is 0.240 e. The highest BCUT2D eigenvalue weighted by atomic mass is 35.5. The Kier molecular flexibility index (Phi) is 4.23. The van der Waals surface area contributed by atoms with E-state index in [0.717, 1.165) is 31.7 Å². The fourth-order valence-electron chi connectivity index (χ4n) is 2.08. The molecule has 21 heavy (non-hydrogen) atoms. The maximum atomic E-state index is 13.9. The lowest BCUT2D eigenvalue weighted by Crippen LogP contribution is -2.26. The minimum absolute atomic E-state index is 0.00991. The molecule has 2 aliphatic carbocycles. The highest BCUT2D eigenvalue weighted by molar-refractivity contribution is 7.89. The summed E-state index contributed by atoms with van der Waals surface area (Å²) in [7, 11) is -3.68. The summed E-state index contributed by atoms with van der Waals surface area (Å²) in [5.41, 5.74) is 0.482. The third-order valence-electron chi connectivity index (χ3n) is 3.80. The highest BCUT2D eigenvalue weighted by Gasteiger charge is 2.26. The Labute approximate surface area is 129 Å². The first-order valence-corrected chi connectivity index (χ1v) is 9.03. The quantitative estimate of drug-likeness (QED) is 0.806. The molecule has 3 rings (SSSR count). The van der Waals surface area contributed by atoms with Crippen LogP contribution in [0.15, 0.2) is 17.0 Å². The van der Waals surface area contributed by atoms with E-state index in [0.29, 0.717) is 30.6 Å². The average molecular weight is 333 g/mol. The van der Waals surface area contributed by atoms with Gasteiger partial charge in [-0.15, -0.1) is 0 Å². The van der Waals surface area contributed by atoms with Gasteiger partial charge in [-0.1, -0.05) is 11.6 Å². The second-order valence-corrected chi connectivity index (χ2v) is 7.97. The number of nitrogens with one attached hydrogen (secondary N) is 2. The predicted octanol–water partition coefficient (Wildman–Crippen LogP) is 2.42. The van der Waals surface area contributed by atoms with E-state index in [1.54, 1.807) is 0 Å². The van der Waals surface area contributed by atoms with E-state index in [1.807, 2.05) is 0 Å². The Balaban J connectivity index is 1.79. The molecule has 7 heteroatoms. The third kappa shape index (κ3) is 3.94. The Morgan fingerprint density at radius 3 is 2.57 bits per heavy atom. The number of hydrogen-bond donors (Lipinski definition) is 2. The molecule has 0 amide bonds. The van der Waals surface area contributed by atoms with Crippen molar-refractivity contribution in [3.05, 3.63) is 28.5 Å². The number of benzene rings is 1. The molecular formula is C14H18ClFN2O2S. The molecule has 4 nitrogen and oxygen atoms in total. The number of hydrogen-bond acceptors (Lipinski definition) is 3. The summed E-state index contributed by atoms with van der Waals surface area (Å²) >= 11 is 5.93. The van der Waals surface area contributed by atoms with Crippen LogP contribution in [0.25, 0.3) is 0 Å². The fraction of sp³-hybridized carbons (Fsp3) is 0.571.